The smallest absolute Gasteiger partial charge is 0.466 e. The van der Waals surface area contributed by atoms with Crippen LogP contribution in [0.1, 0.15) is 6.42 Å². The molecule has 0 radical (unpaired) electrons. The van der Waals surface area contributed by atoms with Gasteiger partial charge in [-0.3, -0.25) is 4.79 Å². The van der Waals surface area contributed by atoms with Crippen molar-refractivity contribution >= 4 is 23.6 Å². The highest BCUT2D eigenvalue weighted by Crippen LogP contribution is 2.44. The van der Waals surface area contributed by atoms with Crippen molar-refractivity contribution in [3.63, 3.8) is 0 Å². The fraction of sp³-hybridized carbons (Fsp3) is 0.556. The van der Waals surface area contributed by atoms with Gasteiger partial charge in [0.2, 0.25) is 4.93 Å². The van der Waals surface area contributed by atoms with E-state index in [0.717, 1.165) is 18.9 Å². The van der Waals surface area contributed by atoms with Crippen molar-refractivity contribution < 1.29 is 52.7 Å². The number of alkyl halides is 3. The van der Waals surface area contributed by atoms with Crippen LogP contribution in [0.3, 0.4) is 0 Å². The number of rotatable bonds is 7. The van der Waals surface area contributed by atoms with Gasteiger partial charge in [-0.25, -0.2) is 4.79 Å². The highest BCUT2D eigenvalue weighted by atomic mass is 32.2. The predicted octanol–water partition coefficient (Wildman–Crippen LogP) is -0.441. The lowest BCUT2D eigenvalue weighted by atomic mass is 9.89. The normalized spacial score (nSPS) is 28.5. The summed E-state index contributed by atoms with van der Waals surface area (Å²) < 4.78 is 48.6. The molecule has 1 aliphatic heterocycles. The van der Waals surface area contributed by atoms with E-state index in [1.165, 1.54) is 5.32 Å². The maximum atomic E-state index is 12.7. The maximum absolute atomic E-state index is 12.7. The second kappa shape index (κ2) is 10.1. The van der Waals surface area contributed by atoms with E-state index in [-0.39, 0.29) is 0 Å². The molecule has 1 aliphatic rings. The van der Waals surface area contributed by atoms with Crippen LogP contribution in [0, 0.1) is 0 Å². The average molecular weight is 469 g/mol. The average Bonchev–Trinajstić information content (AvgIpc) is 2.73. The minimum absolute atomic E-state index is 0.467. The molecule has 174 valence electrons. The molecule has 0 bridgehead atoms. The number of benzene rings is 1. The number of ether oxygens (including phenoxy) is 2. The summed E-state index contributed by atoms with van der Waals surface area (Å²) in [6.45, 7) is -1.01. The summed E-state index contributed by atoms with van der Waals surface area (Å²) in [4.78, 5) is 22.5. The van der Waals surface area contributed by atoms with Gasteiger partial charge < -0.3 is 35.2 Å². The first kappa shape index (κ1) is 25.4. The first-order valence-corrected chi connectivity index (χ1v) is 9.80. The van der Waals surface area contributed by atoms with Crippen LogP contribution < -0.4 is 5.32 Å². The summed E-state index contributed by atoms with van der Waals surface area (Å²) in [6.07, 6.45) is -13.6. The number of esters is 1. The molecule has 1 heterocycles. The Labute approximate surface area is 179 Å². The molecule has 2 rings (SSSR count). The molecule has 1 aromatic rings. The van der Waals surface area contributed by atoms with Crippen LogP contribution in [0.5, 0.6) is 0 Å². The topological polar surface area (TPSA) is 146 Å². The van der Waals surface area contributed by atoms with E-state index in [2.05, 4.69) is 0 Å². The van der Waals surface area contributed by atoms with Crippen molar-refractivity contribution in [2.75, 3.05) is 13.7 Å². The number of nitrogens with one attached hydrogen (secondary N) is 1. The summed E-state index contributed by atoms with van der Waals surface area (Å²) in [7, 11) is 1.02. The summed E-state index contributed by atoms with van der Waals surface area (Å²) in [5, 5.41) is 41.4. The molecule has 13 heteroatoms. The van der Waals surface area contributed by atoms with Crippen molar-refractivity contribution in [1.82, 2.24) is 5.32 Å². The Morgan fingerprint density at radius 2 is 1.94 bits per heavy atom. The minimum atomic E-state index is -5.31. The molecule has 1 fully saturated rings. The summed E-state index contributed by atoms with van der Waals surface area (Å²) in [6, 6.07) is 6.30. The second-order valence-corrected chi connectivity index (χ2v) is 8.09. The van der Waals surface area contributed by atoms with E-state index in [9.17, 15) is 38.1 Å². The van der Waals surface area contributed by atoms with Gasteiger partial charge in [0.15, 0.2) is 0 Å². The first-order chi connectivity index (χ1) is 14.4. The Bertz CT molecular complexity index is 768. The van der Waals surface area contributed by atoms with E-state index < -0.39 is 66.5 Å². The zero-order chi connectivity index (χ0) is 23.4. The number of halogens is 3. The molecule has 9 nitrogen and oxygen atoms in total. The molecule has 5 N–H and O–H groups in total. The van der Waals surface area contributed by atoms with Crippen LogP contribution in [0.15, 0.2) is 35.2 Å². The van der Waals surface area contributed by atoms with E-state index in [1.807, 2.05) is 0 Å². The van der Waals surface area contributed by atoms with Crippen LogP contribution in [0.4, 0.5) is 13.2 Å². The van der Waals surface area contributed by atoms with E-state index in [1.54, 1.807) is 30.3 Å². The third kappa shape index (κ3) is 5.87. The van der Waals surface area contributed by atoms with Gasteiger partial charge in [-0.2, -0.15) is 13.2 Å². The quantitative estimate of drug-likeness (QED) is 0.336. The molecule has 1 amide bonds. The molecule has 0 unspecified atom stereocenters. The van der Waals surface area contributed by atoms with Gasteiger partial charge in [0.1, 0.15) is 18.3 Å². The molecule has 6 atom stereocenters. The lowest BCUT2D eigenvalue weighted by Gasteiger charge is -2.47. The molecule has 0 aliphatic carbocycles. The number of aliphatic hydroxyl groups is 4. The SMILES string of the molecule is COC(=O)[C@@]1(Sc2ccccc2)C[C@H](O)[C@@H](NC(=O)C(F)(F)F)[C@H]([C@H](O)[C@H](O)CO)O1. The third-order valence-corrected chi connectivity index (χ3v) is 5.84. The largest absolute Gasteiger partial charge is 0.471 e. The Kier molecular flexibility index (Phi) is 8.30. The van der Waals surface area contributed by atoms with Crippen LogP contribution in [0.2, 0.25) is 0 Å². The number of carbonyl (C=O) groups is 2. The zero-order valence-electron chi connectivity index (χ0n) is 16.2. The number of amides is 1. The lowest BCUT2D eigenvalue weighted by Crippen LogP contribution is -2.67. The molecule has 1 aromatic carbocycles. The van der Waals surface area contributed by atoms with Crippen LogP contribution >= 0.6 is 11.8 Å². The van der Waals surface area contributed by atoms with Crippen LogP contribution in [-0.4, -0.2) is 87.6 Å². The van der Waals surface area contributed by atoms with Gasteiger partial charge in [-0.15, -0.1) is 0 Å². The van der Waals surface area contributed by atoms with Gasteiger partial charge in [0.25, 0.3) is 0 Å². The molecular weight excluding hydrogens is 447 g/mol. The highest BCUT2D eigenvalue weighted by molar-refractivity contribution is 8.01. The molecular formula is C18H22F3NO8S. The lowest BCUT2D eigenvalue weighted by molar-refractivity contribution is -0.211. The van der Waals surface area contributed by atoms with Crippen molar-refractivity contribution in [2.45, 2.75) is 52.9 Å². The number of aliphatic hydroxyl groups excluding tert-OH is 4. The summed E-state index contributed by atoms with van der Waals surface area (Å²) >= 11 is 0.768. The Morgan fingerprint density at radius 3 is 2.45 bits per heavy atom. The van der Waals surface area contributed by atoms with Gasteiger partial charge in [-0.1, -0.05) is 30.0 Å². The van der Waals surface area contributed by atoms with Gasteiger partial charge >= 0.3 is 18.1 Å². The number of methoxy groups -OCH3 is 1. The van der Waals surface area contributed by atoms with Crippen molar-refractivity contribution in [3.05, 3.63) is 30.3 Å². The van der Waals surface area contributed by atoms with Crippen molar-refractivity contribution in [2.24, 2.45) is 0 Å². The van der Waals surface area contributed by atoms with Crippen molar-refractivity contribution in [3.8, 4) is 0 Å². The van der Waals surface area contributed by atoms with Crippen molar-refractivity contribution in [1.29, 1.82) is 0 Å². The van der Waals surface area contributed by atoms with Gasteiger partial charge in [-0.05, 0) is 12.1 Å². The Hall–Kier alpha value is -1.90. The number of carbonyl (C=O) groups excluding carboxylic acids is 2. The standard InChI is InChI=1S/C18H22F3NO8S/c1-29-16(28)17(31-9-5-3-2-4-6-9)7-10(24)12(22-15(27)18(19,20)21)14(30-17)13(26)11(25)8-23/h2-6,10-14,23-26H,7-8H2,1H3,(H,22,27)/t10-,11+,12+,13+,14+,17-/m0/s1. The Balaban J connectivity index is 2.45. The molecule has 0 saturated carbocycles. The molecule has 31 heavy (non-hydrogen) atoms. The number of hydrogen-bond donors (Lipinski definition) is 5. The predicted molar refractivity (Wildman–Crippen MR) is 99.6 cm³/mol. The maximum Gasteiger partial charge on any atom is 0.471 e. The highest BCUT2D eigenvalue weighted by Gasteiger charge is 2.57. The monoisotopic (exact) mass is 469 g/mol. The van der Waals surface area contributed by atoms with E-state index in [0.29, 0.717) is 4.90 Å². The second-order valence-electron chi connectivity index (χ2n) is 6.75. The minimum Gasteiger partial charge on any atom is -0.466 e. The van der Waals surface area contributed by atoms with Gasteiger partial charge in [0, 0.05) is 11.3 Å². The fourth-order valence-electron chi connectivity index (χ4n) is 3.06. The van der Waals surface area contributed by atoms with Gasteiger partial charge in [0.05, 0.1) is 25.9 Å². The number of hydrogen-bond acceptors (Lipinski definition) is 9. The fourth-order valence-corrected chi connectivity index (χ4v) is 4.31. The molecule has 1 saturated heterocycles. The summed E-state index contributed by atoms with van der Waals surface area (Å²) in [5.74, 6) is -3.44. The van der Waals surface area contributed by atoms with Crippen LogP contribution in [0.25, 0.3) is 0 Å². The Morgan fingerprint density at radius 1 is 1.32 bits per heavy atom. The van der Waals surface area contributed by atoms with E-state index >= 15 is 0 Å². The number of thioether (sulfide) groups is 1. The molecule has 0 aromatic heterocycles. The molecule has 0 spiro atoms. The van der Waals surface area contributed by atoms with Crippen LogP contribution in [-0.2, 0) is 19.1 Å². The van der Waals surface area contributed by atoms with E-state index in [4.69, 9.17) is 14.6 Å². The third-order valence-electron chi connectivity index (χ3n) is 4.57. The zero-order valence-corrected chi connectivity index (χ0v) is 17.0. The first-order valence-electron chi connectivity index (χ1n) is 8.98. The summed E-state index contributed by atoms with van der Waals surface area (Å²) in [5.41, 5.74) is 0.